The van der Waals surface area contributed by atoms with Crippen LogP contribution >= 0.6 is 0 Å². The van der Waals surface area contributed by atoms with Crippen LogP contribution in [0.25, 0.3) is 6.08 Å². The highest BCUT2D eigenvalue weighted by atomic mass is 14.7. The lowest BCUT2D eigenvalue weighted by molar-refractivity contribution is 0.545. The van der Waals surface area contributed by atoms with Gasteiger partial charge in [-0.1, -0.05) is 32.1 Å². The Kier molecular flexibility index (Phi) is 1.45. The van der Waals surface area contributed by atoms with Crippen LogP contribution in [-0.4, -0.2) is 4.98 Å². The Morgan fingerprint density at radius 2 is 2.36 bits per heavy atom. The summed E-state index contributed by atoms with van der Waals surface area (Å²) in [4.78, 5) is 4.52. The number of nitrogens with zero attached hydrogens (tertiary/aromatic N) is 1. The molecule has 1 nitrogen and oxygen atoms in total. The zero-order chi connectivity index (χ0) is 9.76. The zero-order valence-corrected chi connectivity index (χ0v) is 8.70. The van der Waals surface area contributed by atoms with E-state index < -0.39 is 0 Å². The Bertz CT molecular complexity index is 407. The molecule has 1 aromatic heterocycles. The maximum Gasteiger partial charge on any atom is 0.0506 e. The molecule has 1 saturated carbocycles. The molecule has 0 amide bonds. The molecule has 0 bridgehead atoms. The molecule has 1 aromatic rings. The predicted molar refractivity (Wildman–Crippen MR) is 57.9 cm³/mol. The van der Waals surface area contributed by atoms with E-state index in [1.807, 2.05) is 12.3 Å². The lowest BCUT2D eigenvalue weighted by atomic mass is 9.95. The van der Waals surface area contributed by atoms with E-state index in [0.29, 0.717) is 11.3 Å². The van der Waals surface area contributed by atoms with Crippen LogP contribution < -0.4 is 0 Å². The van der Waals surface area contributed by atoms with Crippen molar-refractivity contribution >= 4 is 6.08 Å². The highest BCUT2D eigenvalue weighted by molar-refractivity contribution is 5.56. The summed E-state index contributed by atoms with van der Waals surface area (Å²) < 4.78 is 0. The fourth-order valence-corrected chi connectivity index (χ4v) is 2.78. The Morgan fingerprint density at radius 1 is 1.50 bits per heavy atom. The SMILES string of the molecule is CC1c2ncccc2C=CC2(C)CC12. The van der Waals surface area contributed by atoms with Crippen LogP contribution in [0.1, 0.15) is 37.4 Å². The van der Waals surface area contributed by atoms with Gasteiger partial charge in [0.2, 0.25) is 0 Å². The van der Waals surface area contributed by atoms with Gasteiger partial charge >= 0.3 is 0 Å². The summed E-state index contributed by atoms with van der Waals surface area (Å²) in [6.45, 7) is 4.67. The van der Waals surface area contributed by atoms with Crippen molar-refractivity contribution < 1.29 is 0 Å². The standard InChI is InChI=1S/C13H15N/c1-9-11-8-13(11,2)6-5-10-4-3-7-14-12(9)10/h3-7,9,11H,8H2,1-2H3. The van der Waals surface area contributed by atoms with Crippen molar-refractivity contribution in [2.45, 2.75) is 26.2 Å². The van der Waals surface area contributed by atoms with Crippen LogP contribution in [0.2, 0.25) is 0 Å². The molecular weight excluding hydrogens is 170 g/mol. The molecule has 2 aliphatic rings. The summed E-state index contributed by atoms with van der Waals surface area (Å²) in [6, 6.07) is 4.19. The molecule has 1 heterocycles. The number of rotatable bonds is 0. The van der Waals surface area contributed by atoms with Gasteiger partial charge in [-0.3, -0.25) is 4.98 Å². The van der Waals surface area contributed by atoms with Crippen LogP contribution in [0.5, 0.6) is 0 Å². The average molecular weight is 185 g/mol. The third-order valence-electron chi connectivity index (χ3n) is 3.90. The van der Waals surface area contributed by atoms with Crippen molar-refractivity contribution in [2.24, 2.45) is 11.3 Å². The number of pyridine rings is 1. The number of aromatic nitrogens is 1. The third-order valence-corrected chi connectivity index (χ3v) is 3.90. The smallest absolute Gasteiger partial charge is 0.0506 e. The largest absolute Gasteiger partial charge is 0.260 e. The van der Waals surface area contributed by atoms with Crippen molar-refractivity contribution in [1.82, 2.24) is 4.98 Å². The average Bonchev–Trinajstić information content (AvgIpc) is 2.88. The van der Waals surface area contributed by atoms with Gasteiger partial charge < -0.3 is 0 Å². The van der Waals surface area contributed by atoms with Crippen LogP contribution in [0.3, 0.4) is 0 Å². The molecule has 0 N–H and O–H groups in total. The molecule has 0 spiro atoms. The first-order valence-electron chi connectivity index (χ1n) is 5.35. The lowest BCUT2D eigenvalue weighted by Crippen LogP contribution is -2.03. The molecule has 0 aromatic carbocycles. The van der Waals surface area contributed by atoms with E-state index in [0.717, 1.165) is 5.92 Å². The number of hydrogen-bond donors (Lipinski definition) is 0. The minimum atomic E-state index is 0.458. The number of fused-ring (bicyclic) bond motifs is 2. The van der Waals surface area contributed by atoms with E-state index >= 15 is 0 Å². The van der Waals surface area contributed by atoms with Crippen molar-refractivity contribution in [3.05, 3.63) is 35.7 Å². The molecular formula is C13H15N. The van der Waals surface area contributed by atoms with Gasteiger partial charge in [-0.2, -0.15) is 0 Å². The first kappa shape index (κ1) is 8.22. The van der Waals surface area contributed by atoms with Gasteiger partial charge in [0.1, 0.15) is 0 Å². The van der Waals surface area contributed by atoms with Crippen molar-refractivity contribution in [1.29, 1.82) is 0 Å². The summed E-state index contributed by atoms with van der Waals surface area (Å²) in [5.41, 5.74) is 3.06. The van der Waals surface area contributed by atoms with Gasteiger partial charge in [0, 0.05) is 12.1 Å². The Labute approximate surface area is 84.9 Å². The maximum absolute atomic E-state index is 4.52. The van der Waals surface area contributed by atoms with Crippen LogP contribution in [0.4, 0.5) is 0 Å². The quantitative estimate of drug-likeness (QED) is 0.604. The molecule has 3 atom stereocenters. The molecule has 1 fully saturated rings. The fourth-order valence-electron chi connectivity index (χ4n) is 2.78. The molecule has 14 heavy (non-hydrogen) atoms. The van der Waals surface area contributed by atoms with Crippen LogP contribution in [0, 0.1) is 11.3 Å². The van der Waals surface area contributed by atoms with Gasteiger partial charge in [-0.05, 0) is 29.4 Å². The zero-order valence-electron chi connectivity index (χ0n) is 8.70. The number of hydrogen-bond acceptors (Lipinski definition) is 1. The first-order chi connectivity index (χ1) is 6.71. The first-order valence-corrected chi connectivity index (χ1v) is 5.35. The van der Waals surface area contributed by atoms with Gasteiger partial charge in [-0.15, -0.1) is 0 Å². The van der Waals surface area contributed by atoms with Gasteiger partial charge in [-0.25, -0.2) is 0 Å². The Hall–Kier alpha value is -1.11. The molecule has 3 rings (SSSR count). The number of allylic oxidation sites excluding steroid dienone is 1. The second kappa shape index (κ2) is 2.47. The monoisotopic (exact) mass is 185 g/mol. The van der Waals surface area contributed by atoms with E-state index in [-0.39, 0.29) is 0 Å². The molecule has 72 valence electrons. The van der Waals surface area contributed by atoms with E-state index in [2.05, 4.69) is 37.0 Å². The third kappa shape index (κ3) is 0.985. The van der Waals surface area contributed by atoms with Gasteiger partial charge in [0.05, 0.1) is 5.69 Å². The van der Waals surface area contributed by atoms with Crippen molar-refractivity contribution in [3.63, 3.8) is 0 Å². The summed E-state index contributed by atoms with van der Waals surface area (Å²) in [7, 11) is 0. The highest BCUT2D eigenvalue weighted by Crippen LogP contribution is 2.61. The summed E-state index contributed by atoms with van der Waals surface area (Å²) >= 11 is 0. The topological polar surface area (TPSA) is 12.9 Å². The minimum absolute atomic E-state index is 0.458. The molecule has 0 radical (unpaired) electrons. The summed E-state index contributed by atoms with van der Waals surface area (Å²) in [5.74, 6) is 1.43. The second-order valence-corrected chi connectivity index (χ2v) is 4.92. The van der Waals surface area contributed by atoms with Crippen LogP contribution in [0.15, 0.2) is 24.4 Å². The van der Waals surface area contributed by atoms with Gasteiger partial charge in [0.25, 0.3) is 0 Å². The van der Waals surface area contributed by atoms with Crippen molar-refractivity contribution in [2.75, 3.05) is 0 Å². The highest BCUT2D eigenvalue weighted by Gasteiger charge is 2.52. The lowest BCUT2D eigenvalue weighted by Gasteiger charge is -2.12. The molecule has 2 aliphatic carbocycles. The predicted octanol–water partition coefficient (Wildman–Crippen LogP) is 3.24. The second-order valence-electron chi connectivity index (χ2n) is 4.92. The van der Waals surface area contributed by atoms with Crippen molar-refractivity contribution in [3.8, 4) is 0 Å². The Balaban J connectivity index is 2.14. The minimum Gasteiger partial charge on any atom is -0.260 e. The normalized spacial score (nSPS) is 38.4. The fraction of sp³-hybridized carbons (Fsp3) is 0.462. The van der Waals surface area contributed by atoms with Crippen LogP contribution in [-0.2, 0) is 0 Å². The van der Waals surface area contributed by atoms with E-state index in [1.54, 1.807) is 0 Å². The molecule has 0 aliphatic heterocycles. The molecule has 0 saturated heterocycles. The summed E-state index contributed by atoms with van der Waals surface area (Å²) in [6.07, 6.45) is 7.88. The maximum atomic E-state index is 4.52. The van der Waals surface area contributed by atoms with E-state index in [4.69, 9.17) is 0 Å². The van der Waals surface area contributed by atoms with E-state index in [1.165, 1.54) is 17.7 Å². The van der Waals surface area contributed by atoms with Gasteiger partial charge in [0.15, 0.2) is 0 Å². The molecule has 3 unspecified atom stereocenters. The molecule has 1 heteroatoms. The Morgan fingerprint density at radius 3 is 3.21 bits per heavy atom. The summed E-state index contributed by atoms with van der Waals surface area (Å²) in [5, 5.41) is 0. The van der Waals surface area contributed by atoms with E-state index in [9.17, 15) is 0 Å².